The number of para-hydroxylation sites is 1. The molecule has 0 spiro atoms. The summed E-state index contributed by atoms with van der Waals surface area (Å²) >= 11 is 0. The van der Waals surface area contributed by atoms with Gasteiger partial charge in [0.2, 0.25) is 0 Å². The largest absolute Gasteiger partial charge is 0.485 e. The van der Waals surface area contributed by atoms with Gasteiger partial charge in [-0.1, -0.05) is 91.9 Å². The average Bonchev–Trinajstić information content (AvgIpc) is 2.91. The van der Waals surface area contributed by atoms with E-state index >= 15 is 0 Å². The van der Waals surface area contributed by atoms with Crippen molar-refractivity contribution in [2.45, 2.75) is 33.2 Å². The van der Waals surface area contributed by atoms with Crippen molar-refractivity contribution >= 4 is 11.7 Å². The van der Waals surface area contributed by atoms with E-state index in [9.17, 15) is 4.79 Å². The van der Waals surface area contributed by atoms with Crippen LogP contribution in [0.5, 0.6) is 11.5 Å². The maximum atomic E-state index is 11.6. The number of benzene rings is 4. The molecule has 4 aromatic rings. The normalized spacial score (nSPS) is 10.5. The molecular weight excluding hydrogens is 438 g/mol. The standard InChI is InChI=1S/C30H29NO4/c1-2-29(32)35-21-25-14-9-15-26(30(25)31)24-16-17-27(33-19-22-10-5-3-6-11-22)28(18-24)34-20-23-12-7-4-8-13-23/h3-18H,2,19-21,31H2,1H3. The van der Waals surface area contributed by atoms with Crippen molar-refractivity contribution in [1.82, 2.24) is 0 Å². The molecule has 0 radical (unpaired) electrons. The number of esters is 1. The molecule has 0 aliphatic carbocycles. The van der Waals surface area contributed by atoms with Gasteiger partial charge >= 0.3 is 5.97 Å². The zero-order valence-corrected chi connectivity index (χ0v) is 19.8. The molecule has 0 fully saturated rings. The van der Waals surface area contributed by atoms with Gasteiger partial charge in [-0.2, -0.15) is 0 Å². The van der Waals surface area contributed by atoms with Crippen molar-refractivity contribution in [2.75, 3.05) is 5.73 Å². The second-order valence-corrected chi connectivity index (χ2v) is 8.10. The second kappa shape index (κ2) is 11.7. The van der Waals surface area contributed by atoms with Gasteiger partial charge in [-0.3, -0.25) is 4.79 Å². The summed E-state index contributed by atoms with van der Waals surface area (Å²) in [6, 6.07) is 31.5. The Kier molecular flexibility index (Phi) is 8.02. The fourth-order valence-corrected chi connectivity index (χ4v) is 3.63. The summed E-state index contributed by atoms with van der Waals surface area (Å²) in [5.74, 6) is 1.02. The minimum atomic E-state index is -0.258. The number of hydrogen-bond acceptors (Lipinski definition) is 5. The summed E-state index contributed by atoms with van der Waals surface area (Å²) in [7, 11) is 0. The maximum absolute atomic E-state index is 11.6. The zero-order chi connectivity index (χ0) is 24.5. The number of ether oxygens (including phenoxy) is 3. The van der Waals surface area contributed by atoms with Gasteiger partial charge in [-0.05, 0) is 28.8 Å². The number of nitrogens with two attached hydrogens (primary N) is 1. The van der Waals surface area contributed by atoms with Gasteiger partial charge in [0.25, 0.3) is 0 Å². The van der Waals surface area contributed by atoms with Gasteiger partial charge in [-0.15, -0.1) is 0 Å². The van der Waals surface area contributed by atoms with Crippen LogP contribution in [0.25, 0.3) is 11.1 Å². The molecule has 0 heterocycles. The molecule has 35 heavy (non-hydrogen) atoms. The summed E-state index contributed by atoms with van der Waals surface area (Å²) in [5.41, 5.74) is 11.7. The van der Waals surface area contributed by atoms with Gasteiger partial charge in [-0.25, -0.2) is 0 Å². The third-order valence-corrected chi connectivity index (χ3v) is 5.60. The highest BCUT2D eigenvalue weighted by Crippen LogP contribution is 2.37. The minimum Gasteiger partial charge on any atom is -0.485 e. The molecule has 0 aliphatic rings. The summed E-state index contributed by atoms with van der Waals surface area (Å²) in [6.07, 6.45) is 0.326. The molecule has 0 atom stereocenters. The molecule has 5 heteroatoms. The van der Waals surface area contributed by atoms with Gasteiger partial charge in [0, 0.05) is 23.2 Å². The first-order valence-electron chi connectivity index (χ1n) is 11.6. The molecule has 0 aromatic heterocycles. The number of carbonyl (C=O) groups excluding carboxylic acids is 1. The molecule has 4 aromatic carbocycles. The minimum absolute atomic E-state index is 0.141. The van der Waals surface area contributed by atoms with Crippen molar-refractivity contribution in [3.63, 3.8) is 0 Å². The van der Waals surface area contributed by atoms with Gasteiger partial charge < -0.3 is 19.9 Å². The van der Waals surface area contributed by atoms with Gasteiger partial charge in [0.05, 0.1) is 0 Å². The first kappa shape index (κ1) is 23.9. The smallest absolute Gasteiger partial charge is 0.305 e. The number of anilines is 1. The van der Waals surface area contributed by atoms with E-state index in [4.69, 9.17) is 19.9 Å². The Morgan fingerprint density at radius 3 is 1.97 bits per heavy atom. The van der Waals surface area contributed by atoms with E-state index in [1.165, 1.54) is 0 Å². The van der Waals surface area contributed by atoms with Crippen LogP contribution in [0.3, 0.4) is 0 Å². The molecule has 0 saturated carbocycles. The van der Waals surface area contributed by atoms with Crippen LogP contribution in [0.1, 0.15) is 30.0 Å². The molecular formula is C30H29NO4. The van der Waals surface area contributed by atoms with Crippen LogP contribution in [-0.4, -0.2) is 5.97 Å². The monoisotopic (exact) mass is 467 g/mol. The summed E-state index contributed by atoms with van der Waals surface area (Å²) < 4.78 is 17.6. The van der Waals surface area contributed by atoms with Gasteiger partial charge in [0.1, 0.15) is 19.8 Å². The third kappa shape index (κ3) is 6.42. The van der Waals surface area contributed by atoms with Crippen LogP contribution in [0.4, 0.5) is 5.69 Å². The lowest BCUT2D eigenvalue weighted by Gasteiger charge is -2.16. The molecule has 0 aliphatic heterocycles. The lowest BCUT2D eigenvalue weighted by Crippen LogP contribution is -2.05. The molecule has 5 nitrogen and oxygen atoms in total. The van der Waals surface area contributed by atoms with Crippen molar-refractivity contribution < 1.29 is 19.0 Å². The highest BCUT2D eigenvalue weighted by molar-refractivity contribution is 5.80. The topological polar surface area (TPSA) is 70.8 Å². The number of carbonyl (C=O) groups is 1. The first-order chi connectivity index (χ1) is 17.1. The molecule has 178 valence electrons. The average molecular weight is 468 g/mol. The van der Waals surface area contributed by atoms with E-state index in [1.807, 2.05) is 97.1 Å². The lowest BCUT2D eigenvalue weighted by molar-refractivity contribution is -0.144. The highest BCUT2D eigenvalue weighted by atomic mass is 16.5. The lowest BCUT2D eigenvalue weighted by atomic mass is 10.00. The zero-order valence-electron chi connectivity index (χ0n) is 19.8. The Hall–Kier alpha value is -4.25. The van der Waals surface area contributed by atoms with Gasteiger partial charge in [0.15, 0.2) is 11.5 Å². The number of rotatable bonds is 10. The van der Waals surface area contributed by atoms with E-state index in [1.54, 1.807) is 6.92 Å². The predicted octanol–water partition coefficient (Wildman–Crippen LogP) is 6.55. The maximum Gasteiger partial charge on any atom is 0.305 e. The van der Waals surface area contributed by atoms with Crippen molar-refractivity contribution in [3.8, 4) is 22.6 Å². The number of nitrogen functional groups attached to an aromatic ring is 1. The van der Waals surface area contributed by atoms with E-state index < -0.39 is 0 Å². The molecule has 0 bridgehead atoms. The Morgan fingerprint density at radius 1 is 0.714 bits per heavy atom. The Morgan fingerprint density at radius 2 is 1.34 bits per heavy atom. The quantitative estimate of drug-likeness (QED) is 0.212. The molecule has 0 saturated heterocycles. The van der Waals surface area contributed by atoms with Crippen LogP contribution in [0.2, 0.25) is 0 Å². The second-order valence-electron chi connectivity index (χ2n) is 8.10. The van der Waals surface area contributed by atoms with E-state index in [2.05, 4.69) is 0 Å². The highest BCUT2D eigenvalue weighted by Gasteiger charge is 2.13. The van der Waals surface area contributed by atoms with Crippen LogP contribution in [0, 0.1) is 0 Å². The van der Waals surface area contributed by atoms with E-state index in [0.717, 1.165) is 27.8 Å². The molecule has 2 N–H and O–H groups in total. The molecule has 0 amide bonds. The van der Waals surface area contributed by atoms with Crippen molar-refractivity contribution in [1.29, 1.82) is 0 Å². The van der Waals surface area contributed by atoms with Crippen LogP contribution in [0.15, 0.2) is 97.1 Å². The third-order valence-electron chi connectivity index (χ3n) is 5.60. The Bertz CT molecular complexity index is 1260. The van der Waals surface area contributed by atoms with E-state index in [-0.39, 0.29) is 12.6 Å². The molecule has 0 unspecified atom stereocenters. The summed E-state index contributed by atoms with van der Waals surface area (Å²) in [6.45, 7) is 2.75. The Labute approximate surface area is 206 Å². The summed E-state index contributed by atoms with van der Waals surface area (Å²) in [4.78, 5) is 11.6. The van der Waals surface area contributed by atoms with Crippen molar-refractivity contribution in [3.05, 3.63) is 114 Å². The van der Waals surface area contributed by atoms with Crippen LogP contribution in [-0.2, 0) is 29.4 Å². The molecule has 4 rings (SSSR count). The fourth-order valence-electron chi connectivity index (χ4n) is 3.63. The van der Waals surface area contributed by atoms with Crippen LogP contribution < -0.4 is 15.2 Å². The summed E-state index contributed by atoms with van der Waals surface area (Å²) in [5, 5.41) is 0. The van der Waals surface area contributed by atoms with Crippen LogP contribution >= 0.6 is 0 Å². The fraction of sp³-hybridized carbons (Fsp3) is 0.167. The first-order valence-corrected chi connectivity index (χ1v) is 11.6. The number of hydrogen-bond donors (Lipinski definition) is 1. The van der Waals surface area contributed by atoms with Crippen molar-refractivity contribution in [2.24, 2.45) is 0 Å². The predicted molar refractivity (Wildman–Crippen MR) is 138 cm³/mol. The Balaban J connectivity index is 1.61. The van der Waals surface area contributed by atoms with E-state index in [0.29, 0.717) is 36.8 Å². The SMILES string of the molecule is CCC(=O)OCc1cccc(-c2ccc(OCc3ccccc3)c(OCc3ccccc3)c2)c1N.